The van der Waals surface area contributed by atoms with Gasteiger partial charge in [-0.05, 0) is 76.0 Å². The van der Waals surface area contributed by atoms with E-state index in [-0.39, 0.29) is 24.5 Å². The van der Waals surface area contributed by atoms with Crippen molar-refractivity contribution in [3.63, 3.8) is 0 Å². The van der Waals surface area contributed by atoms with E-state index in [1.807, 2.05) is 30.3 Å². The van der Waals surface area contributed by atoms with Gasteiger partial charge in [-0.15, -0.1) is 0 Å². The minimum absolute atomic E-state index is 0.0911. The summed E-state index contributed by atoms with van der Waals surface area (Å²) in [6.45, 7) is 0. The van der Waals surface area contributed by atoms with Crippen molar-refractivity contribution in [2.24, 2.45) is 0 Å². The molecule has 0 N–H and O–H groups in total. The summed E-state index contributed by atoms with van der Waals surface area (Å²) < 4.78 is 153. The molecule has 0 heterocycles. The zero-order valence-electron chi connectivity index (χ0n) is 20.8. The summed E-state index contributed by atoms with van der Waals surface area (Å²) in [5.74, 6) is -15.2. The Hall–Kier alpha value is -2.69. The number of halogens is 9. The van der Waals surface area contributed by atoms with E-state index in [2.05, 4.69) is 4.18 Å². The highest BCUT2D eigenvalue weighted by molar-refractivity contribution is 8.89. The molecule has 0 aliphatic carbocycles. The van der Waals surface area contributed by atoms with E-state index in [0.29, 0.717) is 12.1 Å². The molecule has 16 heteroatoms. The second-order valence-corrected chi connectivity index (χ2v) is 16.6. The Kier molecular flexibility index (Phi) is 8.96. The van der Waals surface area contributed by atoms with Gasteiger partial charge in [0.25, 0.3) is 0 Å². The molecule has 0 fully saturated rings. The summed E-state index contributed by atoms with van der Waals surface area (Å²) in [7, 11) is -11.3. The number of hydrogen-bond acceptors (Lipinski definition) is 5. The van der Waals surface area contributed by atoms with E-state index >= 15 is 8.78 Å². The van der Waals surface area contributed by atoms with Crippen LogP contribution in [0.5, 0.6) is 0 Å². The van der Waals surface area contributed by atoms with E-state index in [9.17, 15) is 43.9 Å². The molecule has 0 radical (unpaired) electrons. The van der Waals surface area contributed by atoms with Crippen molar-refractivity contribution in [3.05, 3.63) is 90.0 Å². The number of alkyl halides is 9. The zero-order chi connectivity index (χ0) is 31.1. The third kappa shape index (κ3) is 5.58. The maximum atomic E-state index is 15.1. The minimum atomic E-state index is -7.32. The van der Waals surface area contributed by atoms with Crippen LogP contribution in [-0.2, 0) is 13.3 Å². The van der Waals surface area contributed by atoms with E-state index < -0.39 is 52.2 Å². The average molecular weight is 651 g/mol. The molecular weight excluding hydrogens is 631 g/mol. The number of rotatable bonds is 10. The number of carbonyl (C=O) groups excluding carboxylic acids is 1. The van der Waals surface area contributed by atoms with Crippen LogP contribution >= 0.6 is 20.8 Å². The average Bonchev–Trinajstić information content (AvgIpc) is 2.92. The zero-order valence-corrected chi connectivity index (χ0v) is 23.2. The molecule has 0 saturated heterocycles. The number of carbonyl (C=O) groups is 1. The number of ketones is 1. The van der Waals surface area contributed by atoms with Crippen molar-refractivity contribution >= 4 is 35.8 Å². The lowest BCUT2D eigenvalue weighted by molar-refractivity contribution is -0.381. The van der Waals surface area contributed by atoms with E-state index in [1.165, 1.54) is 23.9 Å². The second-order valence-electron chi connectivity index (χ2n) is 8.37. The van der Waals surface area contributed by atoms with Gasteiger partial charge in [0.2, 0.25) is 0 Å². The van der Waals surface area contributed by atoms with Gasteiger partial charge in [0, 0.05) is 25.8 Å². The fraction of sp³-hybridized carbons (Fsp3) is 0.240. The summed E-state index contributed by atoms with van der Waals surface area (Å²) in [6, 6.07) is 17.7. The lowest BCUT2D eigenvalue weighted by Gasteiger charge is -2.45. The molecule has 0 saturated carbocycles. The van der Waals surface area contributed by atoms with Gasteiger partial charge in [-0.1, -0.05) is 30.0 Å². The highest BCUT2D eigenvalue weighted by Crippen LogP contribution is 2.75. The van der Waals surface area contributed by atoms with Crippen molar-refractivity contribution in [2.45, 2.75) is 38.0 Å². The first kappa shape index (κ1) is 32.8. The van der Waals surface area contributed by atoms with Crippen LogP contribution in [0.1, 0.15) is 15.9 Å². The Morgan fingerprint density at radius 3 is 1.56 bits per heavy atom. The molecule has 0 aliphatic rings. The second kappa shape index (κ2) is 11.2. The van der Waals surface area contributed by atoms with Gasteiger partial charge in [-0.2, -0.15) is 47.9 Å². The van der Waals surface area contributed by atoms with Crippen LogP contribution < -0.4 is 0 Å². The molecule has 0 spiro atoms. The van der Waals surface area contributed by atoms with Gasteiger partial charge in [0.1, 0.15) is 0 Å². The standard InChI is InChI=1S/C25H19F9O4S3/c1-38-41(36,37)40(2,25(33,34)23(28,29)22(26,27)24(30,31)32)20-14-10-17(11-15-20)21(35)16-8-12-19(13-9-16)39-18-6-4-3-5-7-18/h3-15H,1-2H3. The lowest BCUT2D eigenvalue weighted by Crippen LogP contribution is -2.62. The predicted octanol–water partition coefficient (Wildman–Crippen LogP) is 8.18. The molecule has 224 valence electrons. The fourth-order valence-electron chi connectivity index (χ4n) is 3.47. The van der Waals surface area contributed by atoms with Crippen molar-refractivity contribution in [2.75, 3.05) is 13.4 Å². The largest absolute Gasteiger partial charge is 0.460 e. The van der Waals surface area contributed by atoms with Crippen LogP contribution in [0, 0.1) is 0 Å². The third-order valence-electron chi connectivity index (χ3n) is 5.88. The Balaban J connectivity index is 2.00. The quantitative estimate of drug-likeness (QED) is 0.126. The summed E-state index contributed by atoms with van der Waals surface area (Å²) in [5, 5.41) is -6.51. The smallest absolute Gasteiger partial charge is 0.289 e. The van der Waals surface area contributed by atoms with E-state index in [1.54, 1.807) is 12.1 Å². The minimum Gasteiger partial charge on any atom is -0.289 e. The van der Waals surface area contributed by atoms with Crippen LogP contribution in [0.25, 0.3) is 0 Å². The SMILES string of the molecule is COS(=O)(=O)S(C)(c1ccc(C(=O)c2ccc(Sc3ccccc3)cc2)cc1)C(F)(F)C(F)(F)C(F)(F)C(F)(F)F. The van der Waals surface area contributed by atoms with Crippen molar-refractivity contribution in [1.29, 1.82) is 0 Å². The monoisotopic (exact) mass is 650 g/mol. The summed E-state index contributed by atoms with van der Waals surface area (Å²) in [5.41, 5.74) is -0.152. The summed E-state index contributed by atoms with van der Waals surface area (Å²) in [6.07, 6.45) is -7.24. The first-order chi connectivity index (χ1) is 18.7. The molecule has 0 aromatic heterocycles. The molecule has 0 aliphatic heterocycles. The van der Waals surface area contributed by atoms with Gasteiger partial charge in [-0.3, -0.25) is 8.98 Å². The molecule has 3 aromatic carbocycles. The molecule has 3 aromatic rings. The van der Waals surface area contributed by atoms with Crippen LogP contribution in [0.4, 0.5) is 39.5 Å². The third-order valence-corrected chi connectivity index (χ3v) is 14.6. The molecule has 1 unspecified atom stereocenters. The topological polar surface area (TPSA) is 60.4 Å². The van der Waals surface area contributed by atoms with Crippen LogP contribution in [0.3, 0.4) is 0 Å². The predicted molar refractivity (Wildman–Crippen MR) is 135 cm³/mol. The van der Waals surface area contributed by atoms with Gasteiger partial charge in [-0.25, -0.2) is 0 Å². The van der Waals surface area contributed by atoms with Crippen molar-refractivity contribution < 1.29 is 56.9 Å². The molecule has 0 amide bonds. The molecule has 4 nitrogen and oxygen atoms in total. The van der Waals surface area contributed by atoms with Gasteiger partial charge < -0.3 is 0 Å². The lowest BCUT2D eigenvalue weighted by atomic mass is 10.0. The van der Waals surface area contributed by atoms with Crippen LogP contribution in [0.15, 0.2) is 93.5 Å². The Labute approximate surface area is 233 Å². The molecule has 1 atom stereocenters. The Bertz CT molecular complexity index is 1490. The Morgan fingerprint density at radius 2 is 1.12 bits per heavy atom. The fourth-order valence-corrected chi connectivity index (χ4v) is 9.58. The highest BCUT2D eigenvalue weighted by Gasteiger charge is 2.86. The van der Waals surface area contributed by atoms with E-state index in [0.717, 1.165) is 21.9 Å². The highest BCUT2D eigenvalue weighted by atomic mass is 33.2. The van der Waals surface area contributed by atoms with Crippen LogP contribution in [-0.4, -0.2) is 50.8 Å². The van der Waals surface area contributed by atoms with Gasteiger partial charge >= 0.3 is 32.4 Å². The molecule has 3 rings (SSSR count). The van der Waals surface area contributed by atoms with Gasteiger partial charge in [0.05, 0.1) is 7.11 Å². The van der Waals surface area contributed by atoms with E-state index in [4.69, 9.17) is 0 Å². The molecular formula is C25H19F9O4S3. The normalized spacial score (nSPS) is 15.7. The first-order valence-electron chi connectivity index (χ1n) is 11.0. The summed E-state index contributed by atoms with van der Waals surface area (Å²) in [4.78, 5) is 13.3. The number of hydrogen-bond donors (Lipinski definition) is 0. The maximum Gasteiger partial charge on any atom is 0.460 e. The van der Waals surface area contributed by atoms with Crippen LogP contribution in [0.2, 0.25) is 0 Å². The molecule has 41 heavy (non-hydrogen) atoms. The van der Waals surface area contributed by atoms with Crippen molar-refractivity contribution in [3.8, 4) is 0 Å². The maximum absolute atomic E-state index is 15.1. The first-order valence-corrected chi connectivity index (χ1v) is 15.8. The number of benzene rings is 3. The van der Waals surface area contributed by atoms with Crippen molar-refractivity contribution in [1.82, 2.24) is 0 Å². The van der Waals surface area contributed by atoms with Gasteiger partial charge in [0.15, 0.2) is 5.78 Å². The Morgan fingerprint density at radius 1 is 0.683 bits per heavy atom. The summed E-state index contributed by atoms with van der Waals surface area (Å²) >= 11 is 1.39. The molecule has 0 bridgehead atoms.